The van der Waals surface area contributed by atoms with Crippen LogP contribution in [0.3, 0.4) is 0 Å². The molecule has 2 rings (SSSR count). The van der Waals surface area contributed by atoms with E-state index < -0.39 is 12.0 Å². The normalized spacial score (nSPS) is 20.2. The molecule has 1 saturated heterocycles. The summed E-state index contributed by atoms with van der Waals surface area (Å²) < 4.78 is 0. The molecule has 0 radical (unpaired) electrons. The molecule has 1 aromatic rings. The van der Waals surface area contributed by atoms with Gasteiger partial charge in [0.25, 0.3) is 0 Å². The fourth-order valence-corrected chi connectivity index (χ4v) is 2.71. The van der Waals surface area contributed by atoms with Crippen molar-refractivity contribution in [2.75, 3.05) is 6.54 Å². The van der Waals surface area contributed by atoms with Crippen molar-refractivity contribution >= 4 is 29.3 Å². The molecule has 0 aliphatic carbocycles. The Balaban J connectivity index is 2.04. The fourth-order valence-electron chi connectivity index (χ4n) is 2.09. The standard InChI is InChI=1S/C13H15NO3S/c15-12(7-6-10-4-3-9-18-10)14-8-2-1-5-11(14)13(16)17/h3-4,6-7,9,11H,1-2,5,8H2,(H,16,17)/b7-6+/t11-/m1/s1. The number of aliphatic carboxylic acids is 1. The molecule has 0 aromatic carbocycles. The van der Waals surface area contributed by atoms with Gasteiger partial charge < -0.3 is 10.0 Å². The van der Waals surface area contributed by atoms with Crippen LogP contribution in [0.25, 0.3) is 6.08 Å². The minimum atomic E-state index is -0.910. The molecule has 1 aliphatic rings. The summed E-state index contributed by atoms with van der Waals surface area (Å²) in [6.45, 7) is 0.532. The Bertz CT molecular complexity index is 453. The molecule has 1 amide bonds. The Labute approximate surface area is 110 Å². The number of piperidine rings is 1. The molecule has 0 unspecified atom stereocenters. The third-order valence-corrected chi connectivity index (χ3v) is 3.84. The molecule has 1 aromatic heterocycles. The van der Waals surface area contributed by atoms with Crippen LogP contribution in [0.2, 0.25) is 0 Å². The SMILES string of the molecule is O=C(O)[C@H]1CCCCN1C(=O)/C=C/c1cccs1. The zero-order valence-electron chi connectivity index (χ0n) is 9.91. The number of likely N-dealkylation sites (tertiary alicyclic amines) is 1. The first-order valence-corrected chi connectivity index (χ1v) is 6.81. The molecule has 0 spiro atoms. The Hall–Kier alpha value is -1.62. The summed E-state index contributed by atoms with van der Waals surface area (Å²) in [5.41, 5.74) is 0. The smallest absolute Gasteiger partial charge is 0.326 e. The molecule has 18 heavy (non-hydrogen) atoms. The molecule has 5 heteroatoms. The van der Waals surface area contributed by atoms with Crippen LogP contribution in [0.15, 0.2) is 23.6 Å². The lowest BCUT2D eigenvalue weighted by Crippen LogP contribution is -2.47. The van der Waals surface area contributed by atoms with E-state index in [9.17, 15) is 9.59 Å². The molecule has 1 atom stereocenters. The summed E-state index contributed by atoms with van der Waals surface area (Å²) in [5.74, 6) is -1.12. The molecule has 2 heterocycles. The van der Waals surface area contributed by atoms with Gasteiger partial charge in [0, 0.05) is 17.5 Å². The van der Waals surface area contributed by atoms with E-state index in [0.717, 1.165) is 17.7 Å². The molecular weight excluding hydrogens is 250 g/mol. The highest BCUT2D eigenvalue weighted by atomic mass is 32.1. The van der Waals surface area contributed by atoms with Crippen molar-refractivity contribution in [1.29, 1.82) is 0 Å². The number of thiophene rings is 1. The number of hydrogen-bond donors (Lipinski definition) is 1. The second kappa shape index (κ2) is 5.82. The number of hydrogen-bond acceptors (Lipinski definition) is 3. The number of carbonyl (C=O) groups is 2. The second-order valence-corrected chi connectivity index (χ2v) is 5.21. The van der Waals surface area contributed by atoms with Gasteiger partial charge in [-0.2, -0.15) is 0 Å². The van der Waals surface area contributed by atoms with E-state index in [4.69, 9.17) is 5.11 Å². The first-order valence-electron chi connectivity index (χ1n) is 5.93. The molecular formula is C13H15NO3S. The van der Waals surface area contributed by atoms with Gasteiger partial charge in [0.15, 0.2) is 0 Å². The number of carboxylic acids is 1. The van der Waals surface area contributed by atoms with Crippen LogP contribution in [-0.2, 0) is 9.59 Å². The van der Waals surface area contributed by atoms with Crippen molar-refractivity contribution < 1.29 is 14.7 Å². The summed E-state index contributed by atoms with van der Waals surface area (Å²) in [5, 5.41) is 11.0. The highest BCUT2D eigenvalue weighted by Crippen LogP contribution is 2.18. The van der Waals surface area contributed by atoms with Crippen LogP contribution in [0.4, 0.5) is 0 Å². The van der Waals surface area contributed by atoms with Crippen LogP contribution in [0.1, 0.15) is 24.1 Å². The lowest BCUT2D eigenvalue weighted by atomic mass is 10.0. The lowest BCUT2D eigenvalue weighted by molar-refractivity contribution is -0.150. The third-order valence-electron chi connectivity index (χ3n) is 3.00. The summed E-state index contributed by atoms with van der Waals surface area (Å²) >= 11 is 1.54. The van der Waals surface area contributed by atoms with Crippen molar-refractivity contribution in [2.45, 2.75) is 25.3 Å². The van der Waals surface area contributed by atoms with Crippen LogP contribution in [-0.4, -0.2) is 34.5 Å². The van der Waals surface area contributed by atoms with Gasteiger partial charge in [-0.3, -0.25) is 4.79 Å². The minimum Gasteiger partial charge on any atom is -0.480 e. The number of amides is 1. The Kier molecular flexibility index (Phi) is 4.15. The molecule has 0 saturated carbocycles. The number of carbonyl (C=O) groups excluding carboxylic acids is 1. The average molecular weight is 265 g/mol. The Morgan fingerprint density at radius 3 is 2.94 bits per heavy atom. The van der Waals surface area contributed by atoms with E-state index in [0.29, 0.717) is 13.0 Å². The van der Waals surface area contributed by atoms with Gasteiger partial charge in [-0.25, -0.2) is 4.79 Å². The topological polar surface area (TPSA) is 57.6 Å². The van der Waals surface area contributed by atoms with Crippen LogP contribution >= 0.6 is 11.3 Å². The fraction of sp³-hybridized carbons (Fsp3) is 0.385. The molecule has 4 nitrogen and oxygen atoms in total. The van der Waals surface area contributed by atoms with Crippen LogP contribution in [0, 0.1) is 0 Å². The molecule has 0 bridgehead atoms. The number of nitrogens with zero attached hydrogens (tertiary/aromatic N) is 1. The second-order valence-electron chi connectivity index (χ2n) is 4.23. The Morgan fingerprint density at radius 1 is 1.44 bits per heavy atom. The van der Waals surface area contributed by atoms with Crippen molar-refractivity contribution in [3.05, 3.63) is 28.5 Å². The highest BCUT2D eigenvalue weighted by molar-refractivity contribution is 7.10. The molecule has 96 valence electrons. The van der Waals surface area contributed by atoms with Crippen molar-refractivity contribution in [2.24, 2.45) is 0 Å². The quantitative estimate of drug-likeness (QED) is 0.853. The Morgan fingerprint density at radius 2 is 2.28 bits per heavy atom. The predicted molar refractivity (Wildman–Crippen MR) is 70.3 cm³/mol. The maximum Gasteiger partial charge on any atom is 0.326 e. The first kappa shape index (κ1) is 12.8. The predicted octanol–water partition coefficient (Wildman–Crippen LogP) is 2.23. The largest absolute Gasteiger partial charge is 0.480 e. The number of rotatable bonds is 3. The van der Waals surface area contributed by atoms with Gasteiger partial charge in [-0.15, -0.1) is 11.3 Å². The molecule has 1 fully saturated rings. The van der Waals surface area contributed by atoms with Crippen LogP contribution in [0.5, 0.6) is 0 Å². The van der Waals surface area contributed by atoms with Crippen molar-refractivity contribution in [1.82, 2.24) is 4.90 Å². The summed E-state index contributed by atoms with van der Waals surface area (Å²) in [4.78, 5) is 25.5. The maximum atomic E-state index is 12.0. The van der Waals surface area contributed by atoms with Crippen molar-refractivity contribution in [3.63, 3.8) is 0 Å². The van der Waals surface area contributed by atoms with E-state index in [-0.39, 0.29) is 5.91 Å². The zero-order valence-corrected chi connectivity index (χ0v) is 10.7. The summed E-state index contributed by atoms with van der Waals surface area (Å²) in [6.07, 6.45) is 5.50. The van der Waals surface area contributed by atoms with Crippen LogP contribution < -0.4 is 0 Å². The third kappa shape index (κ3) is 2.98. The van der Waals surface area contributed by atoms with E-state index >= 15 is 0 Å². The van der Waals surface area contributed by atoms with E-state index in [1.807, 2.05) is 17.5 Å². The number of carboxylic acid groups (broad SMARTS) is 1. The molecule has 1 N–H and O–H groups in total. The van der Waals surface area contributed by atoms with Gasteiger partial charge in [0.1, 0.15) is 6.04 Å². The highest BCUT2D eigenvalue weighted by Gasteiger charge is 2.30. The zero-order chi connectivity index (χ0) is 13.0. The monoisotopic (exact) mass is 265 g/mol. The summed E-state index contributed by atoms with van der Waals surface area (Å²) in [7, 11) is 0. The average Bonchev–Trinajstić information content (AvgIpc) is 2.89. The van der Waals surface area contributed by atoms with E-state index in [1.165, 1.54) is 11.0 Å². The van der Waals surface area contributed by atoms with Gasteiger partial charge in [0.2, 0.25) is 5.91 Å². The van der Waals surface area contributed by atoms with Gasteiger partial charge in [0.05, 0.1) is 0 Å². The maximum absolute atomic E-state index is 12.0. The van der Waals surface area contributed by atoms with Gasteiger partial charge in [-0.05, 0) is 36.8 Å². The first-order chi connectivity index (χ1) is 8.68. The van der Waals surface area contributed by atoms with Gasteiger partial charge in [-0.1, -0.05) is 6.07 Å². The van der Waals surface area contributed by atoms with E-state index in [2.05, 4.69) is 0 Å². The lowest BCUT2D eigenvalue weighted by Gasteiger charge is -2.32. The van der Waals surface area contributed by atoms with E-state index in [1.54, 1.807) is 17.4 Å². The summed E-state index contributed by atoms with van der Waals surface area (Å²) in [6, 6.07) is 3.16. The minimum absolute atomic E-state index is 0.212. The van der Waals surface area contributed by atoms with Gasteiger partial charge >= 0.3 is 5.97 Å². The van der Waals surface area contributed by atoms with Crippen molar-refractivity contribution in [3.8, 4) is 0 Å². The molecule has 1 aliphatic heterocycles.